The van der Waals surface area contributed by atoms with Crippen molar-refractivity contribution >= 4 is 17.2 Å². The average molecular weight is 354 g/mol. The summed E-state index contributed by atoms with van der Waals surface area (Å²) in [4.78, 5) is 4.92. The number of imidazole rings is 1. The first kappa shape index (κ1) is 17.2. The Bertz CT molecular complexity index is 1150. The zero-order valence-corrected chi connectivity index (χ0v) is 16.1. The third-order valence-corrected chi connectivity index (χ3v) is 4.76. The summed E-state index contributed by atoms with van der Waals surface area (Å²) in [6.07, 6.45) is 1.99. The second kappa shape index (κ2) is 6.80. The summed E-state index contributed by atoms with van der Waals surface area (Å²) in [5.41, 5.74) is 8.38. The summed E-state index contributed by atoms with van der Waals surface area (Å²) in [6.45, 7) is 8.33. The molecular formula is C23H22N4. The Balaban J connectivity index is 1.93. The number of aromatic nitrogens is 2. The molecule has 27 heavy (non-hydrogen) atoms. The molecular weight excluding hydrogens is 332 g/mol. The SMILES string of the molecule is Cc1ccc(N=Nc2c(-c3cc(C)ccc3C)nc3c(C)cccn23)cc1. The Labute approximate surface area is 159 Å². The van der Waals surface area contributed by atoms with Crippen molar-refractivity contribution in [3.05, 3.63) is 83.0 Å². The number of azo groups is 1. The van der Waals surface area contributed by atoms with E-state index in [1.54, 1.807) is 0 Å². The molecule has 0 bridgehead atoms. The Morgan fingerprint density at radius 3 is 2.30 bits per heavy atom. The van der Waals surface area contributed by atoms with Crippen molar-refractivity contribution in [2.24, 2.45) is 10.2 Å². The molecule has 2 heterocycles. The number of hydrogen-bond donors (Lipinski definition) is 0. The molecule has 4 nitrogen and oxygen atoms in total. The van der Waals surface area contributed by atoms with Crippen LogP contribution in [0.3, 0.4) is 0 Å². The minimum absolute atomic E-state index is 0.753. The third kappa shape index (κ3) is 3.26. The van der Waals surface area contributed by atoms with Crippen LogP contribution in [0.25, 0.3) is 16.9 Å². The van der Waals surface area contributed by atoms with E-state index in [2.05, 4.69) is 62.2 Å². The smallest absolute Gasteiger partial charge is 0.187 e. The van der Waals surface area contributed by atoms with Gasteiger partial charge in [0.25, 0.3) is 0 Å². The molecule has 0 aliphatic heterocycles. The molecule has 4 heteroatoms. The van der Waals surface area contributed by atoms with Crippen LogP contribution >= 0.6 is 0 Å². The molecule has 0 fully saturated rings. The van der Waals surface area contributed by atoms with Gasteiger partial charge in [0, 0.05) is 11.8 Å². The highest BCUT2D eigenvalue weighted by atomic mass is 15.2. The summed E-state index contributed by atoms with van der Waals surface area (Å²) in [6, 6.07) is 18.5. The molecule has 0 amide bonds. The number of nitrogens with zero attached hydrogens (tertiary/aromatic N) is 4. The number of aryl methyl sites for hydroxylation is 4. The van der Waals surface area contributed by atoms with Gasteiger partial charge in [-0.1, -0.05) is 41.5 Å². The zero-order valence-electron chi connectivity index (χ0n) is 16.1. The fourth-order valence-corrected chi connectivity index (χ4v) is 3.18. The molecule has 0 unspecified atom stereocenters. The van der Waals surface area contributed by atoms with E-state index in [1.807, 2.05) is 40.9 Å². The van der Waals surface area contributed by atoms with Gasteiger partial charge >= 0.3 is 0 Å². The molecule has 0 aliphatic rings. The quantitative estimate of drug-likeness (QED) is 0.380. The van der Waals surface area contributed by atoms with E-state index in [9.17, 15) is 0 Å². The highest BCUT2D eigenvalue weighted by Gasteiger charge is 2.17. The first-order valence-electron chi connectivity index (χ1n) is 9.06. The molecule has 0 atom stereocenters. The van der Waals surface area contributed by atoms with Gasteiger partial charge in [0.1, 0.15) is 11.3 Å². The van der Waals surface area contributed by atoms with Crippen molar-refractivity contribution in [3.8, 4) is 11.3 Å². The molecule has 4 aromatic rings. The van der Waals surface area contributed by atoms with E-state index in [0.717, 1.165) is 34.0 Å². The fraction of sp³-hybridized carbons (Fsp3) is 0.174. The van der Waals surface area contributed by atoms with Gasteiger partial charge in [0.2, 0.25) is 0 Å². The molecule has 4 rings (SSSR count). The highest BCUT2D eigenvalue weighted by molar-refractivity contribution is 5.77. The molecule has 2 aromatic carbocycles. The molecule has 0 N–H and O–H groups in total. The number of fused-ring (bicyclic) bond motifs is 1. The van der Waals surface area contributed by atoms with Crippen LogP contribution in [0.2, 0.25) is 0 Å². The maximum Gasteiger partial charge on any atom is 0.187 e. The van der Waals surface area contributed by atoms with Crippen LogP contribution in [0.4, 0.5) is 11.5 Å². The van der Waals surface area contributed by atoms with E-state index in [-0.39, 0.29) is 0 Å². The van der Waals surface area contributed by atoms with Crippen molar-refractivity contribution in [1.82, 2.24) is 9.38 Å². The van der Waals surface area contributed by atoms with Gasteiger partial charge in [-0.2, -0.15) is 0 Å². The largest absolute Gasteiger partial charge is 0.282 e. The standard InChI is InChI=1S/C23H22N4/c1-15-8-11-19(12-9-15)25-26-23-21(20-14-16(2)7-10-17(20)3)24-22-18(4)6-5-13-27(22)23/h5-14H,1-4H3. The van der Waals surface area contributed by atoms with E-state index in [4.69, 9.17) is 4.98 Å². The van der Waals surface area contributed by atoms with Crippen molar-refractivity contribution in [3.63, 3.8) is 0 Å². The van der Waals surface area contributed by atoms with Crippen molar-refractivity contribution in [2.45, 2.75) is 27.7 Å². The second-order valence-corrected chi connectivity index (χ2v) is 7.02. The maximum absolute atomic E-state index is 4.92. The van der Waals surface area contributed by atoms with Crippen LogP contribution in [0.1, 0.15) is 22.3 Å². The third-order valence-electron chi connectivity index (χ3n) is 4.76. The van der Waals surface area contributed by atoms with Gasteiger partial charge in [-0.05, 0) is 63.1 Å². The predicted octanol–water partition coefficient (Wildman–Crippen LogP) is 6.65. The van der Waals surface area contributed by atoms with Crippen molar-refractivity contribution < 1.29 is 0 Å². The number of benzene rings is 2. The predicted molar refractivity (Wildman–Crippen MR) is 110 cm³/mol. The molecule has 2 aromatic heterocycles. The lowest BCUT2D eigenvalue weighted by Gasteiger charge is -2.05. The van der Waals surface area contributed by atoms with Gasteiger partial charge in [0.15, 0.2) is 5.82 Å². The molecule has 0 radical (unpaired) electrons. The van der Waals surface area contributed by atoms with Crippen LogP contribution in [0, 0.1) is 27.7 Å². The summed E-state index contributed by atoms with van der Waals surface area (Å²) in [7, 11) is 0. The minimum Gasteiger partial charge on any atom is -0.282 e. The monoisotopic (exact) mass is 354 g/mol. The summed E-state index contributed by atoms with van der Waals surface area (Å²) < 4.78 is 2.02. The van der Waals surface area contributed by atoms with Crippen LogP contribution in [-0.4, -0.2) is 9.38 Å². The van der Waals surface area contributed by atoms with Gasteiger partial charge in [0.05, 0.1) is 5.69 Å². The number of rotatable bonds is 3. The van der Waals surface area contributed by atoms with Crippen LogP contribution in [0.5, 0.6) is 0 Å². The fourth-order valence-electron chi connectivity index (χ4n) is 3.18. The normalized spacial score (nSPS) is 11.6. The van der Waals surface area contributed by atoms with E-state index < -0.39 is 0 Å². The lowest BCUT2D eigenvalue weighted by molar-refractivity contribution is 1.10. The highest BCUT2D eigenvalue weighted by Crippen LogP contribution is 2.35. The topological polar surface area (TPSA) is 42.0 Å². The average Bonchev–Trinajstić information content (AvgIpc) is 3.03. The van der Waals surface area contributed by atoms with Crippen molar-refractivity contribution in [1.29, 1.82) is 0 Å². The van der Waals surface area contributed by atoms with Crippen LogP contribution < -0.4 is 0 Å². The van der Waals surface area contributed by atoms with Gasteiger partial charge in [-0.3, -0.25) is 4.40 Å². The maximum atomic E-state index is 4.92. The molecule has 0 spiro atoms. The van der Waals surface area contributed by atoms with Gasteiger partial charge in [-0.25, -0.2) is 4.98 Å². The zero-order chi connectivity index (χ0) is 19.0. The van der Waals surface area contributed by atoms with Gasteiger partial charge < -0.3 is 0 Å². The van der Waals surface area contributed by atoms with Gasteiger partial charge in [-0.15, -0.1) is 10.2 Å². The van der Waals surface area contributed by atoms with Crippen molar-refractivity contribution in [2.75, 3.05) is 0 Å². The van der Waals surface area contributed by atoms with E-state index >= 15 is 0 Å². The molecule has 0 saturated heterocycles. The first-order valence-corrected chi connectivity index (χ1v) is 9.06. The lowest BCUT2D eigenvalue weighted by Crippen LogP contribution is -1.86. The Hall–Kier alpha value is -3.27. The summed E-state index contributed by atoms with van der Waals surface area (Å²) in [5.74, 6) is 0.753. The van der Waals surface area contributed by atoms with E-state index in [1.165, 1.54) is 16.7 Å². The summed E-state index contributed by atoms with van der Waals surface area (Å²) >= 11 is 0. The first-order chi connectivity index (χ1) is 13.0. The molecule has 134 valence electrons. The second-order valence-electron chi connectivity index (χ2n) is 7.02. The molecule has 0 aliphatic carbocycles. The molecule has 0 saturated carbocycles. The minimum atomic E-state index is 0.753. The van der Waals surface area contributed by atoms with E-state index in [0.29, 0.717) is 0 Å². The lowest BCUT2D eigenvalue weighted by atomic mass is 10.0. The number of hydrogen-bond acceptors (Lipinski definition) is 3. The summed E-state index contributed by atoms with van der Waals surface area (Å²) in [5, 5.41) is 9.08. The Kier molecular flexibility index (Phi) is 4.32. The number of pyridine rings is 1. The van der Waals surface area contributed by atoms with Crippen LogP contribution in [-0.2, 0) is 0 Å². The van der Waals surface area contributed by atoms with Crippen LogP contribution in [0.15, 0.2) is 71.0 Å². The Morgan fingerprint density at radius 2 is 1.52 bits per heavy atom. The Morgan fingerprint density at radius 1 is 0.778 bits per heavy atom.